The van der Waals surface area contributed by atoms with Crippen molar-refractivity contribution in [2.75, 3.05) is 36.5 Å². The molecule has 7 heteroatoms. The van der Waals surface area contributed by atoms with Gasteiger partial charge in [0.25, 0.3) is 0 Å². The van der Waals surface area contributed by atoms with Crippen molar-refractivity contribution in [3.8, 4) is 0 Å². The summed E-state index contributed by atoms with van der Waals surface area (Å²) in [5.74, 6) is 0.779. The first-order valence-electron chi connectivity index (χ1n) is 12.1. The van der Waals surface area contributed by atoms with E-state index in [1.54, 1.807) is 0 Å². The van der Waals surface area contributed by atoms with Crippen LogP contribution in [-0.4, -0.2) is 43.2 Å². The van der Waals surface area contributed by atoms with Crippen LogP contribution in [-0.2, 0) is 4.79 Å². The van der Waals surface area contributed by atoms with E-state index in [-0.39, 0.29) is 12.1 Å². The molecule has 176 valence electrons. The van der Waals surface area contributed by atoms with Crippen molar-refractivity contribution in [2.24, 2.45) is 0 Å². The lowest BCUT2D eigenvalue weighted by molar-refractivity contribution is -0.135. The van der Waals surface area contributed by atoms with Gasteiger partial charge in [-0.15, -0.1) is 0 Å². The maximum Gasteiger partial charge on any atom is 0.239 e. The van der Waals surface area contributed by atoms with Crippen LogP contribution in [0.3, 0.4) is 0 Å². The molecule has 5 nitrogen and oxygen atoms in total. The van der Waals surface area contributed by atoms with Crippen molar-refractivity contribution in [3.63, 3.8) is 0 Å². The Labute approximate surface area is 206 Å². The van der Waals surface area contributed by atoms with Crippen molar-refractivity contribution in [3.05, 3.63) is 57.6 Å². The second-order valence-corrected chi connectivity index (χ2v) is 10.4. The van der Waals surface area contributed by atoms with Crippen molar-refractivity contribution in [2.45, 2.75) is 57.0 Å². The lowest BCUT2D eigenvalue weighted by atomic mass is 9.88. The number of hydrogen-bond acceptors (Lipinski definition) is 4. The number of benzene rings is 2. The second kappa shape index (κ2) is 9.73. The number of carbonyl (C=O) groups excluding carboxylic acids is 1. The number of nitrogens with zero attached hydrogens (tertiary/aromatic N) is 2. The molecular weight excluding hydrogens is 455 g/mol. The molecular formula is C26H32Cl2N4O. The normalized spacial score (nSPS) is 22.1. The summed E-state index contributed by atoms with van der Waals surface area (Å²) in [6, 6.07) is 12.7. The minimum atomic E-state index is 0.0242. The predicted octanol–water partition coefficient (Wildman–Crippen LogP) is 5.79. The van der Waals surface area contributed by atoms with E-state index in [4.69, 9.17) is 23.2 Å². The van der Waals surface area contributed by atoms with E-state index in [1.165, 1.54) is 17.7 Å². The molecule has 2 aromatic carbocycles. The minimum Gasteiger partial charge on any atom is -0.366 e. The number of anilines is 2. The Bertz CT molecular complexity index is 1020. The fourth-order valence-corrected chi connectivity index (χ4v) is 6.08. The topological polar surface area (TPSA) is 47.6 Å². The van der Waals surface area contributed by atoms with Gasteiger partial charge in [0.2, 0.25) is 5.91 Å². The fourth-order valence-electron chi connectivity index (χ4n) is 5.52. The molecule has 3 heterocycles. The van der Waals surface area contributed by atoms with Gasteiger partial charge in [0.1, 0.15) is 0 Å². The standard InChI is InChI=1S/C26H32Cl2N4O/c1-17(21-7-6-20(27)15-22(21)28)32-16-30-23-8-5-19(14-25(23)32)18-9-12-31(13-10-18)26(33)24-4-2-3-11-29-24/h5-8,14-15,17-18,24,29-30H,2-4,9-13,16H2,1H3/t17-,24-/m1/s1. The van der Waals surface area contributed by atoms with Crippen LogP contribution in [0, 0.1) is 0 Å². The summed E-state index contributed by atoms with van der Waals surface area (Å²) in [6.07, 6.45) is 5.34. The Morgan fingerprint density at radius 2 is 1.88 bits per heavy atom. The summed E-state index contributed by atoms with van der Waals surface area (Å²) >= 11 is 12.6. The molecule has 2 saturated heterocycles. The van der Waals surface area contributed by atoms with E-state index in [2.05, 4.69) is 45.6 Å². The SMILES string of the molecule is C[C@H](c1ccc(Cl)cc1Cl)N1CNc2ccc(C3CCN(C(=O)[C@H]4CCCCN4)CC3)cc21. The number of rotatable bonds is 4. The number of piperidine rings is 2. The molecule has 0 bridgehead atoms. The third-order valence-electron chi connectivity index (χ3n) is 7.54. The molecule has 3 aliphatic rings. The number of likely N-dealkylation sites (tertiary alicyclic amines) is 1. The van der Waals surface area contributed by atoms with Crippen LogP contribution in [0.4, 0.5) is 11.4 Å². The maximum absolute atomic E-state index is 12.9. The molecule has 33 heavy (non-hydrogen) atoms. The number of halogens is 2. The quantitative estimate of drug-likeness (QED) is 0.573. The summed E-state index contributed by atoms with van der Waals surface area (Å²) in [5, 5.41) is 8.27. The third kappa shape index (κ3) is 4.68. The Morgan fingerprint density at radius 3 is 2.61 bits per heavy atom. The number of fused-ring (bicyclic) bond motifs is 1. The van der Waals surface area contributed by atoms with Gasteiger partial charge in [-0.25, -0.2) is 0 Å². The number of hydrogen-bond donors (Lipinski definition) is 2. The summed E-state index contributed by atoms with van der Waals surface area (Å²) in [5.41, 5.74) is 4.81. The monoisotopic (exact) mass is 486 g/mol. The highest BCUT2D eigenvalue weighted by molar-refractivity contribution is 6.35. The highest BCUT2D eigenvalue weighted by Gasteiger charge is 2.31. The average Bonchev–Trinajstić information content (AvgIpc) is 3.27. The molecule has 2 atom stereocenters. The van der Waals surface area contributed by atoms with Crippen LogP contribution < -0.4 is 15.5 Å². The fraction of sp³-hybridized carbons (Fsp3) is 0.500. The number of carbonyl (C=O) groups is 1. The van der Waals surface area contributed by atoms with Crippen molar-refractivity contribution in [1.29, 1.82) is 0 Å². The highest BCUT2D eigenvalue weighted by Crippen LogP contribution is 2.42. The molecule has 2 fully saturated rings. The second-order valence-electron chi connectivity index (χ2n) is 9.53. The zero-order valence-corrected chi connectivity index (χ0v) is 20.6. The summed E-state index contributed by atoms with van der Waals surface area (Å²) in [7, 11) is 0. The Hall–Kier alpha value is -1.95. The summed E-state index contributed by atoms with van der Waals surface area (Å²) in [6.45, 7) is 5.59. The number of amides is 1. The molecule has 0 unspecified atom stereocenters. The molecule has 0 aliphatic carbocycles. The lowest BCUT2D eigenvalue weighted by Gasteiger charge is -2.36. The molecule has 0 aromatic heterocycles. The van der Waals surface area contributed by atoms with Gasteiger partial charge in [0.15, 0.2) is 0 Å². The Kier molecular flexibility index (Phi) is 6.73. The van der Waals surface area contributed by atoms with Crippen LogP contribution in [0.15, 0.2) is 36.4 Å². The van der Waals surface area contributed by atoms with Crippen LogP contribution >= 0.6 is 23.2 Å². The van der Waals surface area contributed by atoms with Gasteiger partial charge in [-0.1, -0.05) is 41.8 Å². The number of nitrogens with one attached hydrogen (secondary N) is 2. The van der Waals surface area contributed by atoms with Gasteiger partial charge < -0.3 is 20.4 Å². The first-order valence-corrected chi connectivity index (χ1v) is 12.9. The first-order chi connectivity index (χ1) is 16.0. The Balaban J connectivity index is 1.27. The van der Waals surface area contributed by atoms with E-state index in [0.29, 0.717) is 21.9 Å². The van der Waals surface area contributed by atoms with E-state index in [9.17, 15) is 4.79 Å². The Morgan fingerprint density at radius 1 is 1.06 bits per heavy atom. The lowest BCUT2D eigenvalue weighted by Crippen LogP contribution is -2.50. The van der Waals surface area contributed by atoms with E-state index in [0.717, 1.165) is 63.2 Å². The molecule has 5 rings (SSSR count). The largest absolute Gasteiger partial charge is 0.366 e. The van der Waals surface area contributed by atoms with Crippen molar-refractivity contribution in [1.82, 2.24) is 10.2 Å². The van der Waals surface area contributed by atoms with Gasteiger partial charge in [-0.2, -0.15) is 0 Å². The molecule has 0 saturated carbocycles. The zero-order valence-electron chi connectivity index (χ0n) is 19.1. The van der Waals surface area contributed by atoms with Crippen molar-refractivity contribution < 1.29 is 4.79 Å². The highest BCUT2D eigenvalue weighted by atomic mass is 35.5. The summed E-state index contributed by atoms with van der Waals surface area (Å²) in [4.78, 5) is 17.3. The first kappa shape index (κ1) is 22.8. The molecule has 1 amide bonds. The zero-order chi connectivity index (χ0) is 22.9. The molecule has 2 aromatic rings. The van der Waals surface area contributed by atoms with Gasteiger partial charge in [0, 0.05) is 23.1 Å². The molecule has 3 aliphatic heterocycles. The minimum absolute atomic E-state index is 0.0242. The van der Waals surface area contributed by atoms with E-state index < -0.39 is 0 Å². The smallest absolute Gasteiger partial charge is 0.239 e. The van der Waals surface area contributed by atoms with Crippen LogP contribution in [0.2, 0.25) is 10.0 Å². The summed E-state index contributed by atoms with van der Waals surface area (Å²) < 4.78 is 0. The van der Waals surface area contributed by atoms with Gasteiger partial charge in [0.05, 0.1) is 30.1 Å². The third-order valence-corrected chi connectivity index (χ3v) is 8.10. The van der Waals surface area contributed by atoms with Crippen LogP contribution in [0.1, 0.15) is 62.1 Å². The van der Waals surface area contributed by atoms with Crippen LogP contribution in [0.25, 0.3) is 0 Å². The molecule has 2 N–H and O–H groups in total. The molecule has 0 spiro atoms. The van der Waals surface area contributed by atoms with Gasteiger partial charge in [-0.05, 0) is 80.5 Å². The van der Waals surface area contributed by atoms with Crippen molar-refractivity contribution >= 4 is 40.5 Å². The van der Waals surface area contributed by atoms with Crippen LogP contribution in [0.5, 0.6) is 0 Å². The maximum atomic E-state index is 12.9. The molecule has 0 radical (unpaired) electrons. The predicted molar refractivity (Wildman–Crippen MR) is 136 cm³/mol. The van der Waals surface area contributed by atoms with E-state index in [1.807, 2.05) is 18.2 Å². The average molecular weight is 487 g/mol. The van der Waals surface area contributed by atoms with Gasteiger partial charge in [-0.3, -0.25) is 4.79 Å². The van der Waals surface area contributed by atoms with E-state index >= 15 is 0 Å². The van der Waals surface area contributed by atoms with Gasteiger partial charge >= 0.3 is 0 Å².